The van der Waals surface area contributed by atoms with Crippen LogP contribution in [-0.2, 0) is 6.42 Å². The number of ether oxygens (including phenoxy) is 1. The Morgan fingerprint density at radius 3 is 2.97 bits per heavy atom. The average Bonchev–Trinajstić information content (AvgIpc) is 3.40. The number of halogens is 1. The second-order valence-electron chi connectivity index (χ2n) is 7.70. The number of rotatable bonds is 8. The first-order valence-electron chi connectivity index (χ1n) is 10.4. The van der Waals surface area contributed by atoms with Crippen molar-refractivity contribution in [2.45, 2.75) is 45.1 Å². The quantitative estimate of drug-likeness (QED) is 0.374. The first-order chi connectivity index (χ1) is 14.5. The summed E-state index contributed by atoms with van der Waals surface area (Å²) in [5, 5.41) is 11.6. The van der Waals surface area contributed by atoms with Crippen molar-refractivity contribution in [3.63, 3.8) is 0 Å². The minimum absolute atomic E-state index is 0.279. The van der Waals surface area contributed by atoms with Gasteiger partial charge in [-0.25, -0.2) is 0 Å². The number of guanidine groups is 1. The third kappa shape index (κ3) is 5.78. The molecule has 1 saturated heterocycles. The first-order valence-corrected chi connectivity index (χ1v) is 10.8. The molecule has 1 fully saturated rings. The van der Waals surface area contributed by atoms with Crippen LogP contribution >= 0.6 is 11.6 Å². The lowest BCUT2D eigenvalue weighted by Gasteiger charge is -2.22. The van der Waals surface area contributed by atoms with E-state index in [1.54, 1.807) is 14.2 Å². The fourth-order valence-electron chi connectivity index (χ4n) is 3.45. The Bertz CT molecular complexity index is 854. The molecular formula is C21H31ClN6O2. The molecule has 30 heavy (non-hydrogen) atoms. The molecule has 8 nitrogen and oxygen atoms in total. The number of nitrogens with one attached hydrogen (secondary N) is 2. The molecule has 0 saturated carbocycles. The standard InChI is InChI=1S/C21H31ClN6O2/c1-14(2)20-26-19(30-27-20)6-5-10-24-21(23-3)25-16-9-11-28(13-16)17-12-15(22)7-8-18(17)29-4/h7-8,12,14,16H,5-6,9-11,13H2,1-4H3,(H2,23,24,25). The lowest BCUT2D eigenvalue weighted by molar-refractivity contribution is 0.368. The molecule has 0 spiro atoms. The number of benzene rings is 1. The van der Waals surface area contributed by atoms with Crippen LogP contribution in [0.2, 0.25) is 5.02 Å². The third-order valence-corrected chi connectivity index (χ3v) is 5.33. The SMILES string of the molecule is CN=C(NCCCc1nc(C(C)C)no1)NC1CCN(c2cc(Cl)ccc2OC)C1. The van der Waals surface area contributed by atoms with Crippen LogP contribution in [0.1, 0.15) is 44.3 Å². The van der Waals surface area contributed by atoms with Gasteiger partial charge < -0.3 is 24.8 Å². The van der Waals surface area contributed by atoms with E-state index in [-0.39, 0.29) is 5.92 Å². The van der Waals surface area contributed by atoms with Crippen LogP contribution in [0.5, 0.6) is 5.75 Å². The highest BCUT2D eigenvalue weighted by Crippen LogP contribution is 2.33. The van der Waals surface area contributed by atoms with Gasteiger partial charge in [0.05, 0.1) is 12.8 Å². The lowest BCUT2D eigenvalue weighted by Crippen LogP contribution is -2.44. The summed E-state index contributed by atoms with van der Waals surface area (Å²) in [5.74, 6) is 3.36. The summed E-state index contributed by atoms with van der Waals surface area (Å²) in [4.78, 5) is 11.0. The highest BCUT2D eigenvalue weighted by atomic mass is 35.5. The van der Waals surface area contributed by atoms with Gasteiger partial charge in [-0.1, -0.05) is 30.6 Å². The van der Waals surface area contributed by atoms with Crippen LogP contribution in [0.3, 0.4) is 0 Å². The molecule has 1 aromatic carbocycles. The van der Waals surface area contributed by atoms with E-state index in [4.69, 9.17) is 20.9 Å². The van der Waals surface area contributed by atoms with Crippen LogP contribution in [0, 0.1) is 0 Å². The van der Waals surface area contributed by atoms with Crippen LogP contribution in [0.15, 0.2) is 27.7 Å². The van der Waals surface area contributed by atoms with Gasteiger partial charge in [0.2, 0.25) is 5.89 Å². The van der Waals surface area contributed by atoms with E-state index in [9.17, 15) is 0 Å². The molecule has 0 bridgehead atoms. The van der Waals surface area contributed by atoms with Crippen molar-refractivity contribution in [2.24, 2.45) is 4.99 Å². The number of aromatic nitrogens is 2. The van der Waals surface area contributed by atoms with Crippen molar-refractivity contribution in [2.75, 3.05) is 38.7 Å². The highest BCUT2D eigenvalue weighted by molar-refractivity contribution is 6.30. The van der Waals surface area contributed by atoms with E-state index < -0.39 is 0 Å². The number of nitrogens with zero attached hydrogens (tertiary/aromatic N) is 4. The lowest BCUT2D eigenvalue weighted by atomic mass is 10.2. The van der Waals surface area contributed by atoms with Crippen LogP contribution < -0.4 is 20.3 Å². The Morgan fingerprint density at radius 2 is 2.27 bits per heavy atom. The second kappa shape index (κ2) is 10.5. The fourth-order valence-corrected chi connectivity index (χ4v) is 3.61. The average molecular weight is 435 g/mol. The molecule has 0 amide bonds. The fraction of sp³-hybridized carbons (Fsp3) is 0.571. The van der Waals surface area contributed by atoms with Gasteiger partial charge in [0.15, 0.2) is 11.8 Å². The normalized spacial score (nSPS) is 16.9. The molecule has 2 aromatic rings. The second-order valence-corrected chi connectivity index (χ2v) is 8.13. The van der Waals surface area contributed by atoms with Gasteiger partial charge in [0, 0.05) is 50.1 Å². The zero-order valence-electron chi connectivity index (χ0n) is 18.1. The molecule has 164 valence electrons. The number of methoxy groups -OCH3 is 1. The van der Waals surface area contributed by atoms with E-state index in [1.807, 2.05) is 18.2 Å². The Labute approximate surface area is 183 Å². The van der Waals surface area contributed by atoms with Gasteiger partial charge in [0.25, 0.3) is 0 Å². The van der Waals surface area contributed by atoms with E-state index in [0.29, 0.717) is 17.0 Å². The first kappa shape index (κ1) is 22.2. The van der Waals surface area contributed by atoms with Gasteiger partial charge in [-0.05, 0) is 31.0 Å². The van der Waals surface area contributed by atoms with E-state index in [1.165, 1.54) is 0 Å². The van der Waals surface area contributed by atoms with Crippen molar-refractivity contribution >= 4 is 23.2 Å². The van der Waals surface area contributed by atoms with E-state index in [2.05, 4.69) is 44.5 Å². The maximum Gasteiger partial charge on any atom is 0.226 e. The number of anilines is 1. The third-order valence-electron chi connectivity index (χ3n) is 5.09. The molecule has 2 heterocycles. The van der Waals surface area contributed by atoms with Gasteiger partial charge >= 0.3 is 0 Å². The van der Waals surface area contributed by atoms with E-state index in [0.717, 1.165) is 62.1 Å². The summed E-state index contributed by atoms with van der Waals surface area (Å²) < 4.78 is 10.8. The molecule has 1 atom stereocenters. The molecule has 1 aliphatic heterocycles. The smallest absolute Gasteiger partial charge is 0.226 e. The van der Waals surface area contributed by atoms with Crippen LogP contribution in [0.25, 0.3) is 0 Å². The van der Waals surface area contributed by atoms with Crippen molar-refractivity contribution in [1.82, 2.24) is 20.8 Å². The molecule has 9 heteroatoms. The molecule has 1 aliphatic rings. The summed E-state index contributed by atoms with van der Waals surface area (Å²) in [6.45, 7) is 6.67. The van der Waals surface area contributed by atoms with Gasteiger partial charge in [-0.15, -0.1) is 0 Å². The van der Waals surface area contributed by atoms with Gasteiger partial charge in [-0.3, -0.25) is 4.99 Å². The number of hydrogen-bond donors (Lipinski definition) is 2. The predicted octanol–water partition coefficient (Wildman–Crippen LogP) is 3.23. The molecule has 0 aliphatic carbocycles. The molecule has 1 unspecified atom stereocenters. The summed E-state index contributed by atoms with van der Waals surface area (Å²) >= 11 is 6.19. The minimum atomic E-state index is 0.279. The molecule has 1 aromatic heterocycles. The summed E-state index contributed by atoms with van der Waals surface area (Å²) in [5.41, 5.74) is 1.03. The van der Waals surface area contributed by atoms with Gasteiger partial charge in [0.1, 0.15) is 5.75 Å². The molecule has 3 rings (SSSR count). The molecule has 0 radical (unpaired) electrons. The highest BCUT2D eigenvalue weighted by Gasteiger charge is 2.25. The zero-order valence-corrected chi connectivity index (χ0v) is 18.9. The summed E-state index contributed by atoms with van der Waals surface area (Å²) in [7, 11) is 3.47. The topological polar surface area (TPSA) is 87.8 Å². The monoisotopic (exact) mass is 434 g/mol. The zero-order chi connectivity index (χ0) is 21.5. The Balaban J connectivity index is 1.44. The number of aliphatic imine (C=N–C) groups is 1. The van der Waals surface area contributed by atoms with Crippen molar-refractivity contribution < 1.29 is 9.26 Å². The molecule has 2 N–H and O–H groups in total. The minimum Gasteiger partial charge on any atom is -0.495 e. The summed E-state index contributed by atoms with van der Waals surface area (Å²) in [6.07, 6.45) is 2.64. The van der Waals surface area contributed by atoms with Crippen LogP contribution in [0.4, 0.5) is 5.69 Å². The summed E-state index contributed by atoms with van der Waals surface area (Å²) in [6, 6.07) is 6.01. The van der Waals surface area contributed by atoms with Crippen LogP contribution in [-0.4, -0.2) is 55.9 Å². The van der Waals surface area contributed by atoms with Crippen molar-refractivity contribution in [3.8, 4) is 5.75 Å². The van der Waals surface area contributed by atoms with E-state index >= 15 is 0 Å². The van der Waals surface area contributed by atoms with Crippen molar-refractivity contribution in [1.29, 1.82) is 0 Å². The Hall–Kier alpha value is -2.48. The molecular weight excluding hydrogens is 404 g/mol. The van der Waals surface area contributed by atoms with Gasteiger partial charge in [-0.2, -0.15) is 4.98 Å². The Kier molecular flexibility index (Phi) is 7.79. The Morgan fingerprint density at radius 1 is 1.43 bits per heavy atom. The number of aryl methyl sites for hydroxylation is 1. The largest absolute Gasteiger partial charge is 0.495 e. The maximum absolute atomic E-state index is 6.19. The number of hydrogen-bond acceptors (Lipinski definition) is 6. The van der Waals surface area contributed by atoms with Crippen molar-refractivity contribution in [3.05, 3.63) is 34.9 Å². The predicted molar refractivity (Wildman–Crippen MR) is 120 cm³/mol. The maximum atomic E-state index is 6.19.